The van der Waals surface area contributed by atoms with Gasteiger partial charge >= 0.3 is 6.18 Å². The van der Waals surface area contributed by atoms with E-state index >= 15 is 4.79 Å². The number of fused-ring (bicyclic) bond motifs is 4. The summed E-state index contributed by atoms with van der Waals surface area (Å²) in [5.74, 6) is -7.29. The van der Waals surface area contributed by atoms with E-state index in [1.807, 2.05) is 6.08 Å². The predicted octanol–water partition coefficient (Wildman–Crippen LogP) is 8.63. The Morgan fingerprint density at radius 3 is 2.20 bits per heavy atom. The maximum atomic E-state index is 15.3. The van der Waals surface area contributed by atoms with E-state index in [0.29, 0.717) is 39.7 Å². The van der Waals surface area contributed by atoms with Gasteiger partial charge in [-0.05, 0) is 84.5 Å². The number of alkyl halides is 3. The van der Waals surface area contributed by atoms with Gasteiger partial charge in [0, 0.05) is 21.6 Å². The van der Waals surface area contributed by atoms with Crippen molar-refractivity contribution in [1.29, 1.82) is 0 Å². The van der Waals surface area contributed by atoms with E-state index in [0.717, 1.165) is 9.48 Å². The molecule has 3 aromatic carbocycles. The van der Waals surface area contributed by atoms with Crippen LogP contribution in [0.3, 0.4) is 0 Å². The van der Waals surface area contributed by atoms with Crippen molar-refractivity contribution in [2.24, 2.45) is 29.6 Å². The number of amides is 4. The number of nitrogens with zero attached hydrogens (tertiary/aromatic N) is 3. The zero-order valence-electron chi connectivity index (χ0n) is 31.0. The van der Waals surface area contributed by atoms with Gasteiger partial charge in [0.25, 0.3) is 11.8 Å². The van der Waals surface area contributed by atoms with Crippen molar-refractivity contribution in [3.05, 3.63) is 122 Å². The number of nitrogens with one attached hydrogen (secondary N) is 1. The number of benzene rings is 3. The number of pyridine rings is 1. The second-order valence-corrected chi connectivity index (χ2v) is 16.3. The number of allylic oxidation sites excluding steroid dienone is 3. The number of methoxy groups -OCH3 is 2. The summed E-state index contributed by atoms with van der Waals surface area (Å²) < 4.78 is 52.1. The Hall–Kier alpha value is -5.38. The predicted molar refractivity (Wildman–Crippen MR) is 215 cm³/mol. The lowest BCUT2D eigenvalue weighted by molar-refractivity contribution is -0.139. The van der Waals surface area contributed by atoms with Gasteiger partial charge < -0.3 is 14.6 Å². The molecule has 4 aliphatic rings. The number of carbonyl (C=O) groups is 4. The number of hydrazine groups is 1. The van der Waals surface area contributed by atoms with Gasteiger partial charge in [0.2, 0.25) is 17.6 Å². The maximum absolute atomic E-state index is 15.3. The second-order valence-electron chi connectivity index (χ2n) is 14.6. The number of aromatic nitrogens is 1. The van der Waals surface area contributed by atoms with Crippen molar-refractivity contribution in [2.45, 2.75) is 24.4 Å². The Morgan fingerprint density at radius 2 is 1.59 bits per heavy atom. The van der Waals surface area contributed by atoms with Crippen LogP contribution in [0.1, 0.15) is 29.5 Å². The Labute approximate surface area is 353 Å². The molecule has 3 heterocycles. The molecule has 17 heteroatoms. The van der Waals surface area contributed by atoms with Crippen LogP contribution in [0.15, 0.2) is 95.1 Å². The first-order valence-corrected chi connectivity index (χ1v) is 19.7. The summed E-state index contributed by atoms with van der Waals surface area (Å²) in [6.07, 6.45) is 1.16. The van der Waals surface area contributed by atoms with Crippen LogP contribution >= 0.6 is 39.1 Å². The molecule has 1 saturated carbocycles. The third-order valence-electron chi connectivity index (χ3n) is 11.7. The molecule has 2 N–H and O–H groups in total. The molecular weight excluding hydrogens is 880 g/mol. The Morgan fingerprint density at radius 1 is 0.932 bits per heavy atom. The van der Waals surface area contributed by atoms with Crippen LogP contribution < -0.4 is 19.8 Å². The number of aromatic hydroxyl groups is 1. The smallest absolute Gasteiger partial charge is 0.417 e. The standard InChI is InChI=1S/C42H32BrCl2F3N4O7/c1-58-32-15-20(16-33(59-2)35(32)53)3-14-29-26-12-13-27-34(39(56)51(37(27)54)25-10-6-23(43)7-11-25)28(26)18-30-38(55)52(40(57)41(29,30)21-4-8-24(44)9-5-21)50-36-31(45)17-22(19-49-36)42(46,47)48/h3-12,14-17,19,27-30,34,53H,13,18H2,1-2H3,(H,49,50)/t27-,28+,29-,30-,34-,41-/m0/s1. The minimum atomic E-state index is -4.76. The first kappa shape index (κ1) is 40.4. The van der Waals surface area contributed by atoms with E-state index < -0.39 is 69.5 Å². The highest BCUT2D eigenvalue weighted by atomic mass is 79.9. The number of phenols is 1. The van der Waals surface area contributed by atoms with Gasteiger partial charge in [-0.1, -0.05) is 75.1 Å². The van der Waals surface area contributed by atoms with Gasteiger partial charge in [0.05, 0.1) is 53.7 Å². The minimum absolute atomic E-state index is 0.0506. The lowest BCUT2D eigenvalue weighted by atomic mass is 9.50. The van der Waals surface area contributed by atoms with Crippen LogP contribution in [0.25, 0.3) is 6.08 Å². The van der Waals surface area contributed by atoms with E-state index in [1.54, 1.807) is 72.8 Å². The summed E-state index contributed by atoms with van der Waals surface area (Å²) in [6.45, 7) is 0. The van der Waals surface area contributed by atoms with Crippen molar-refractivity contribution in [1.82, 2.24) is 9.99 Å². The van der Waals surface area contributed by atoms with Crippen LogP contribution in [0, 0.1) is 29.6 Å². The summed E-state index contributed by atoms with van der Waals surface area (Å²) in [7, 11) is 2.74. The number of halogens is 6. The van der Waals surface area contributed by atoms with Gasteiger partial charge in [0.15, 0.2) is 17.3 Å². The number of phenolic OH excluding ortho intramolecular Hbond substituents is 1. The lowest BCUT2D eigenvalue weighted by Gasteiger charge is -2.49. The summed E-state index contributed by atoms with van der Waals surface area (Å²) in [5.41, 5.74) is 1.65. The van der Waals surface area contributed by atoms with Gasteiger partial charge in [0.1, 0.15) is 0 Å². The molecule has 2 aliphatic carbocycles. The number of imide groups is 2. The normalized spacial score (nSPS) is 25.2. The van der Waals surface area contributed by atoms with Crippen LogP contribution in [0.2, 0.25) is 10.0 Å². The molecule has 2 saturated heterocycles. The van der Waals surface area contributed by atoms with Crippen molar-refractivity contribution in [3.8, 4) is 17.2 Å². The summed E-state index contributed by atoms with van der Waals surface area (Å²) in [5, 5.41) is 11.2. The molecule has 6 atom stereocenters. The fourth-order valence-corrected chi connectivity index (χ4v) is 9.69. The third-order valence-corrected chi connectivity index (χ3v) is 12.8. The molecule has 1 aromatic heterocycles. The highest BCUT2D eigenvalue weighted by Gasteiger charge is 2.69. The molecule has 0 radical (unpaired) electrons. The summed E-state index contributed by atoms with van der Waals surface area (Å²) >= 11 is 16.0. The maximum Gasteiger partial charge on any atom is 0.417 e. The number of rotatable bonds is 8. The second kappa shape index (κ2) is 15.0. The number of anilines is 2. The van der Waals surface area contributed by atoms with Crippen LogP contribution in [-0.2, 0) is 30.8 Å². The quantitative estimate of drug-likeness (QED) is 0.132. The molecule has 2 aliphatic heterocycles. The molecule has 0 unspecified atom stereocenters. The van der Waals surface area contributed by atoms with E-state index in [4.69, 9.17) is 32.7 Å². The van der Waals surface area contributed by atoms with Gasteiger partial charge in [-0.15, -0.1) is 0 Å². The minimum Gasteiger partial charge on any atom is -0.502 e. The van der Waals surface area contributed by atoms with Crippen LogP contribution in [0.4, 0.5) is 24.7 Å². The van der Waals surface area contributed by atoms with Crippen LogP contribution in [0.5, 0.6) is 17.2 Å². The average molecular weight is 913 g/mol. The van der Waals surface area contributed by atoms with E-state index in [1.165, 1.54) is 19.1 Å². The number of hydrogen-bond acceptors (Lipinski definition) is 9. The topological polar surface area (TPSA) is 138 Å². The molecule has 3 fully saturated rings. The molecule has 4 amide bonds. The van der Waals surface area contributed by atoms with E-state index in [2.05, 4.69) is 26.3 Å². The monoisotopic (exact) mass is 910 g/mol. The fourth-order valence-electron chi connectivity index (χ4n) is 9.09. The molecule has 11 nitrogen and oxygen atoms in total. The van der Waals surface area contributed by atoms with Gasteiger partial charge in [-0.2, -0.15) is 18.2 Å². The largest absolute Gasteiger partial charge is 0.502 e. The first-order chi connectivity index (χ1) is 28.1. The average Bonchev–Trinajstić information content (AvgIpc) is 3.59. The van der Waals surface area contributed by atoms with E-state index in [-0.39, 0.29) is 41.8 Å². The Balaban J connectivity index is 1.30. The van der Waals surface area contributed by atoms with Crippen molar-refractivity contribution >= 4 is 80.3 Å². The zero-order chi connectivity index (χ0) is 42.1. The molecule has 0 bridgehead atoms. The van der Waals surface area contributed by atoms with Crippen molar-refractivity contribution in [3.63, 3.8) is 0 Å². The summed E-state index contributed by atoms with van der Waals surface area (Å²) in [4.78, 5) is 63.8. The highest BCUT2D eigenvalue weighted by Crippen LogP contribution is 2.62. The lowest BCUT2D eigenvalue weighted by Crippen LogP contribution is -2.54. The Bertz CT molecular complexity index is 2460. The van der Waals surface area contributed by atoms with Crippen LogP contribution in [-0.4, -0.2) is 52.9 Å². The molecule has 304 valence electrons. The number of hydrogen-bond donors (Lipinski definition) is 2. The molecule has 4 aromatic rings. The zero-order valence-corrected chi connectivity index (χ0v) is 34.1. The molecule has 8 rings (SSSR count). The van der Waals surface area contributed by atoms with Crippen molar-refractivity contribution < 1.29 is 46.9 Å². The molecular formula is C42H32BrCl2F3N4O7. The highest BCUT2D eigenvalue weighted by molar-refractivity contribution is 9.10. The first-order valence-electron chi connectivity index (χ1n) is 18.2. The van der Waals surface area contributed by atoms with Gasteiger partial charge in [-0.25, -0.2) is 4.98 Å². The summed E-state index contributed by atoms with van der Waals surface area (Å²) in [6, 6.07) is 16.9. The number of ether oxygens (including phenoxy) is 2. The van der Waals surface area contributed by atoms with E-state index in [9.17, 15) is 32.7 Å². The molecule has 0 spiro atoms. The molecule has 59 heavy (non-hydrogen) atoms. The SMILES string of the molecule is COc1cc(C=C[C@H]2C3=CC[C@@H]4C(=O)N(c5ccc(Br)cc5)C(=O)[C@@H]4[C@@H]3C[C@H]3C(=O)N(Nc4ncc(C(F)(F)F)cc4Cl)C(=O)[C@@]23c2ccc(Cl)cc2)cc(OC)c1O. The van der Waals surface area contributed by atoms with Gasteiger partial charge in [-0.3, -0.25) is 29.5 Å². The number of carbonyl (C=O) groups excluding carboxylic acids is 4. The van der Waals surface area contributed by atoms with Crippen molar-refractivity contribution in [2.75, 3.05) is 24.5 Å². The third kappa shape index (κ3) is 6.54. The fraction of sp³-hybridized carbons (Fsp3) is 0.262. The Kier molecular flexibility index (Phi) is 10.3.